The highest BCUT2D eigenvalue weighted by Crippen LogP contribution is 2.24. The molecule has 0 bridgehead atoms. The van der Waals surface area contributed by atoms with Crippen molar-refractivity contribution in [1.29, 1.82) is 0 Å². The minimum Gasteiger partial charge on any atom is -0.494 e. The van der Waals surface area contributed by atoms with Gasteiger partial charge in [-0.1, -0.05) is 6.07 Å². The molecule has 2 heterocycles. The van der Waals surface area contributed by atoms with Crippen LogP contribution in [-0.4, -0.2) is 23.5 Å². The lowest BCUT2D eigenvalue weighted by molar-refractivity contribution is 0.385. The highest BCUT2D eigenvalue weighted by molar-refractivity contribution is 7.15. The van der Waals surface area contributed by atoms with E-state index in [1.807, 2.05) is 35.3 Å². The van der Waals surface area contributed by atoms with Crippen LogP contribution < -0.4 is 10.1 Å². The summed E-state index contributed by atoms with van der Waals surface area (Å²) in [5.41, 5.74) is 1.87. The molecule has 1 atom stereocenters. The molecular formula is C15H16FN3OS. The average molecular weight is 305 g/mol. The van der Waals surface area contributed by atoms with Crippen molar-refractivity contribution in [2.75, 3.05) is 14.2 Å². The van der Waals surface area contributed by atoms with Gasteiger partial charge in [-0.05, 0) is 24.7 Å². The summed E-state index contributed by atoms with van der Waals surface area (Å²) in [5, 5.41) is 5.22. The summed E-state index contributed by atoms with van der Waals surface area (Å²) in [6.07, 6.45) is 4.70. The van der Waals surface area contributed by atoms with Crippen LogP contribution in [0.2, 0.25) is 0 Å². The van der Waals surface area contributed by atoms with Gasteiger partial charge in [-0.15, -0.1) is 11.3 Å². The lowest BCUT2D eigenvalue weighted by Gasteiger charge is -2.16. The number of fused-ring (bicyclic) bond motifs is 1. The predicted molar refractivity (Wildman–Crippen MR) is 81.5 cm³/mol. The number of ether oxygens (including phenoxy) is 1. The van der Waals surface area contributed by atoms with Crippen molar-refractivity contribution >= 4 is 16.3 Å². The van der Waals surface area contributed by atoms with E-state index in [1.165, 1.54) is 13.2 Å². The summed E-state index contributed by atoms with van der Waals surface area (Å²) in [4.78, 5) is 5.54. The van der Waals surface area contributed by atoms with E-state index >= 15 is 0 Å². The van der Waals surface area contributed by atoms with Crippen molar-refractivity contribution in [3.8, 4) is 5.75 Å². The Bertz CT molecular complexity index is 724. The fourth-order valence-electron chi connectivity index (χ4n) is 2.37. The molecule has 0 radical (unpaired) electrons. The van der Waals surface area contributed by atoms with Crippen molar-refractivity contribution < 1.29 is 9.13 Å². The Morgan fingerprint density at radius 1 is 1.48 bits per heavy atom. The third kappa shape index (κ3) is 2.77. The fourth-order valence-corrected chi connectivity index (χ4v) is 3.09. The number of rotatable bonds is 5. The van der Waals surface area contributed by atoms with Crippen molar-refractivity contribution in [3.63, 3.8) is 0 Å². The Labute approximate surface area is 126 Å². The molecule has 21 heavy (non-hydrogen) atoms. The molecule has 0 fully saturated rings. The fraction of sp³-hybridized carbons (Fsp3) is 0.267. The van der Waals surface area contributed by atoms with Crippen LogP contribution in [0.1, 0.15) is 17.3 Å². The average Bonchev–Trinajstić information content (AvgIpc) is 3.05. The van der Waals surface area contributed by atoms with E-state index in [9.17, 15) is 4.39 Å². The van der Waals surface area contributed by atoms with E-state index in [2.05, 4.69) is 10.3 Å². The second-order valence-corrected chi connectivity index (χ2v) is 5.64. The standard InChI is InChI=1S/C15H16FN3OS/c1-17-13(10-3-4-14(20-2)12(16)7-10)8-11-9-19-5-6-21-15(19)18-11/h3-7,9,13,17H,8H2,1-2H3. The smallest absolute Gasteiger partial charge is 0.193 e. The summed E-state index contributed by atoms with van der Waals surface area (Å²) in [5.74, 6) is -0.0859. The summed E-state index contributed by atoms with van der Waals surface area (Å²) in [6, 6.07) is 5.05. The molecule has 0 aliphatic carbocycles. The first kappa shape index (κ1) is 14.0. The van der Waals surface area contributed by atoms with Crippen molar-refractivity contribution in [2.45, 2.75) is 12.5 Å². The van der Waals surface area contributed by atoms with E-state index in [0.29, 0.717) is 6.42 Å². The normalized spacial score (nSPS) is 12.7. The van der Waals surface area contributed by atoms with Crippen LogP contribution in [0.5, 0.6) is 5.75 Å². The second kappa shape index (κ2) is 5.83. The maximum atomic E-state index is 13.8. The van der Waals surface area contributed by atoms with E-state index in [0.717, 1.165) is 16.2 Å². The van der Waals surface area contributed by atoms with Crippen LogP contribution in [-0.2, 0) is 6.42 Å². The predicted octanol–water partition coefficient (Wildman–Crippen LogP) is 3.05. The number of nitrogens with zero attached hydrogens (tertiary/aromatic N) is 2. The van der Waals surface area contributed by atoms with E-state index in [1.54, 1.807) is 17.4 Å². The Morgan fingerprint density at radius 2 is 2.33 bits per heavy atom. The van der Waals surface area contributed by atoms with Gasteiger partial charge in [0, 0.05) is 30.2 Å². The first-order chi connectivity index (χ1) is 10.2. The summed E-state index contributed by atoms with van der Waals surface area (Å²) in [6.45, 7) is 0. The number of benzene rings is 1. The quantitative estimate of drug-likeness (QED) is 0.787. The molecule has 4 nitrogen and oxygen atoms in total. The van der Waals surface area contributed by atoms with Crippen LogP contribution in [0.3, 0.4) is 0 Å². The van der Waals surface area contributed by atoms with Gasteiger partial charge in [-0.3, -0.25) is 4.40 Å². The summed E-state index contributed by atoms with van der Waals surface area (Å²) >= 11 is 1.60. The SMILES string of the molecule is CNC(Cc1cn2ccsc2n1)c1ccc(OC)c(F)c1. The molecule has 0 saturated heterocycles. The Hall–Kier alpha value is -1.92. The Kier molecular flexibility index (Phi) is 3.90. The van der Waals surface area contributed by atoms with Crippen molar-refractivity contribution in [2.24, 2.45) is 0 Å². The maximum Gasteiger partial charge on any atom is 0.193 e. The minimum absolute atomic E-state index is 0.00927. The van der Waals surface area contributed by atoms with Gasteiger partial charge in [0.15, 0.2) is 16.5 Å². The van der Waals surface area contributed by atoms with Crippen LogP contribution in [0, 0.1) is 5.82 Å². The lowest BCUT2D eigenvalue weighted by atomic mass is 10.0. The molecule has 0 saturated carbocycles. The number of imidazole rings is 1. The van der Waals surface area contributed by atoms with Gasteiger partial charge in [-0.2, -0.15) is 0 Å². The van der Waals surface area contributed by atoms with E-state index in [4.69, 9.17) is 4.74 Å². The van der Waals surface area contributed by atoms with E-state index in [-0.39, 0.29) is 17.6 Å². The second-order valence-electron chi connectivity index (χ2n) is 4.76. The molecule has 2 aromatic heterocycles. The number of halogens is 1. The van der Waals surface area contributed by atoms with Gasteiger partial charge in [0.05, 0.1) is 12.8 Å². The Morgan fingerprint density at radius 3 is 3.00 bits per heavy atom. The molecule has 1 aromatic carbocycles. The molecule has 1 unspecified atom stereocenters. The lowest BCUT2D eigenvalue weighted by Crippen LogP contribution is -2.19. The van der Waals surface area contributed by atoms with E-state index < -0.39 is 0 Å². The first-order valence-corrected chi connectivity index (χ1v) is 7.51. The number of methoxy groups -OCH3 is 1. The Balaban J connectivity index is 1.84. The van der Waals surface area contributed by atoms with Crippen molar-refractivity contribution in [1.82, 2.24) is 14.7 Å². The molecule has 0 amide bonds. The number of hydrogen-bond acceptors (Lipinski definition) is 4. The number of likely N-dealkylation sites (N-methyl/N-ethyl adjacent to an activating group) is 1. The van der Waals surface area contributed by atoms with Gasteiger partial charge in [0.1, 0.15) is 0 Å². The molecule has 0 spiro atoms. The van der Waals surface area contributed by atoms with Gasteiger partial charge < -0.3 is 10.1 Å². The number of nitrogens with one attached hydrogen (secondary N) is 1. The van der Waals surface area contributed by atoms with Gasteiger partial charge in [-0.25, -0.2) is 9.37 Å². The van der Waals surface area contributed by atoms with Gasteiger partial charge >= 0.3 is 0 Å². The largest absolute Gasteiger partial charge is 0.494 e. The molecule has 6 heteroatoms. The summed E-state index contributed by atoms with van der Waals surface area (Å²) < 4.78 is 20.8. The summed E-state index contributed by atoms with van der Waals surface area (Å²) in [7, 11) is 3.33. The highest BCUT2D eigenvalue weighted by Gasteiger charge is 2.15. The van der Waals surface area contributed by atoms with Gasteiger partial charge in [0.2, 0.25) is 0 Å². The molecular weight excluding hydrogens is 289 g/mol. The topological polar surface area (TPSA) is 38.6 Å². The zero-order chi connectivity index (χ0) is 14.8. The molecule has 0 aliphatic rings. The number of hydrogen-bond donors (Lipinski definition) is 1. The molecule has 0 aliphatic heterocycles. The minimum atomic E-state index is -0.346. The molecule has 110 valence electrons. The number of aromatic nitrogens is 2. The van der Waals surface area contributed by atoms with Crippen LogP contribution >= 0.6 is 11.3 Å². The first-order valence-electron chi connectivity index (χ1n) is 6.63. The van der Waals surface area contributed by atoms with Crippen LogP contribution in [0.25, 0.3) is 4.96 Å². The maximum absolute atomic E-state index is 13.8. The molecule has 1 N–H and O–H groups in total. The monoisotopic (exact) mass is 305 g/mol. The van der Waals surface area contributed by atoms with Gasteiger partial charge in [0.25, 0.3) is 0 Å². The molecule has 3 rings (SSSR count). The zero-order valence-corrected chi connectivity index (χ0v) is 12.7. The molecule has 3 aromatic rings. The van der Waals surface area contributed by atoms with Crippen molar-refractivity contribution in [3.05, 3.63) is 53.0 Å². The zero-order valence-electron chi connectivity index (χ0n) is 11.8. The van der Waals surface area contributed by atoms with Crippen LogP contribution in [0.4, 0.5) is 4.39 Å². The third-order valence-corrected chi connectivity index (χ3v) is 4.25. The number of thiazole rings is 1. The highest BCUT2D eigenvalue weighted by atomic mass is 32.1. The van der Waals surface area contributed by atoms with Crippen LogP contribution in [0.15, 0.2) is 36.0 Å². The third-order valence-electron chi connectivity index (χ3n) is 3.48.